The molecule has 0 saturated carbocycles. The topological polar surface area (TPSA) is 69.6 Å². The third-order valence-electron chi connectivity index (χ3n) is 2.52. The molecule has 0 aliphatic heterocycles. The maximum Gasteiger partial charge on any atom is 0.329 e. The van der Waals surface area contributed by atoms with E-state index < -0.39 is 11.5 Å². The number of carboxylic acid groups (broad SMARTS) is 1. The molecule has 6 heteroatoms. The van der Waals surface area contributed by atoms with Gasteiger partial charge in [-0.1, -0.05) is 6.08 Å². The summed E-state index contributed by atoms with van der Waals surface area (Å²) in [7, 11) is 0. The Labute approximate surface area is 113 Å². The maximum atomic E-state index is 11.9. The maximum absolute atomic E-state index is 11.9. The number of amides is 2. The van der Waals surface area contributed by atoms with Crippen LogP contribution in [0.5, 0.6) is 0 Å². The molecule has 0 aromatic rings. The molecule has 0 aliphatic rings. The lowest BCUT2D eigenvalue weighted by atomic mass is 10.0. The van der Waals surface area contributed by atoms with Crippen LogP contribution in [-0.2, 0) is 4.79 Å². The minimum absolute atomic E-state index is 0.343. The van der Waals surface area contributed by atoms with Gasteiger partial charge >= 0.3 is 12.0 Å². The van der Waals surface area contributed by atoms with Gasteiger partial charge in [0.2, 0.25) is 0 Å². The van der Waals surface area contributed by atoms with Gasteiger partial charge in [0, 0.05) is 24.6 Å². The Morgan fingerprint density at radius 1 is 1.50 bits per heavy atom. The first-order valence-corrected chi connectivity index (χ1v) is 7.00. The van der Waals surface area contributed by atoms with Crippen molar-refractivity contribution in [3.8, 4) is 0 Å². The van der Waals surface area contributed by atoms with Crippen molar-refractivity contribution < 1.29 is 14.7 Å². The summed E-state index contributed by atoms with van der Waals surface area (Å²) in [5, 5.41) is 11.8. The van der Waals surface area contributed by atoms with Crippen LogP contribution in [0.25, 0.3) is 0 Å². The standard InChI is InChI=1S/C12H22N2O3S/c1-5-8-18-9-7-13-11(17)14(6-2)12(3,4)10(15)16/h5H,1,6-9H2,2-4H3,(H,13,17)(H,15,16). The molecule has 104 valence electrons. The fourth-order valence-electron chi connectivity index (χ4n) is 1.40. The molecule has 0 aromatic heterocycles. The van der Waals surface area contributed by atoms with E-state index in [0.29, 0.717) is 13.1 Å². The number of urea groups is 1. The van der Waals surface area contributed by atoms with Gasteiger partial charge in [0.05, 0.1) is 0 Å². The van der Waals surface area contributed by atoms with Crippen LogP contribution in [0.2, 0.25) is 0 Å². The second-order valence-electron chi connectivity index (χ2n) is 4.20. The van der Waals surface area contributed by atoms with Crippen LogP contribution in [0.15, 0.2) is 12.7 Å². The van der Waals surface area contributed by atoms with Crippen LogP contribution < -0.4 is 5.32 Å². The van der Waals surface area contributed by atoms with Crippen molar-refractivity contribution in [2.75, 3.05) is 24.6 Å². The molecule has 0 heterocycles. The Morgan fingerprint density at radius 2 is 2.11 bits per heavy atom. The minimum Gasteiger partial charge on any atom is -0.480 e. The molecule has 2 amide bonds. The van der Waals surface area contributed by atoms with E-state index in [1.165, 1.54) is 18.7 Å². The third-order valence-corrected chi connectivity index (χ3v) is 3.48. The van der Waals surface area contributed by atoms with Crippen molar-refractivity contribution in [3.63, 3.8) is 0 Å². The lowest BCUT2D eigenvalue weighted by Gasteiger charge is -2.34. The molecule has 5 nitrogen and oxygen atoms in total. The van der Waals surface area contributed by atoms with E-state index >= 15 is 0 Å². The zero-order chi connectivity index (χ0) is 14.2. The highest BCUT2D eigenvalue weighted by Crippen LogP contribution is 2.14. The van der Waals surface area contributed by atoms with Crippen LogP contribution in [0.4, 0.5) is 4.79 Å². The second kappa shape index (κ2) is 8.02. The highest BCUT2D eigenvalue weighted by atomic mass is 32.2. The minimum atomic E-state index is -1.20. The van der Waals surface area contributed by atoms with E-state index in [4.69, 9.17) is 5.11 Å². The highest BCUT2D eigenvalue weighted by Gasteiger charge is 2.36. The van der Waals surface area contributed by atoms with Gasteiger partial charge in [0.15, 0.2) is 0 Å². The number of likely N-dealkylation sites (N-methyl/N-ethyl adjacent to an activating group) is 1. The molecule has 0 bridgehead atoms. The number of carbonyl (C=O) groups excluding carboxylic acids is 1. The van der Waals surface area contributed by atoms with Gasteiger partial charge in [0.25, 0.3) is 0 Å². The molecule has 0 saturated heterocycles. The fourth-order valence-corrected chi connectivity index (χ4v) is 1.98. The van der Waals surface area contributed by atoms with Crippen molar-refractivity contribution in [2.45, 2.75) is 26.3 Å². The van der Waals surface area contributed by atoms with Crippen LogP contribution in [0.3, 0.4) is 0 Å². The zero-order valence-corrected chi connectivity index (χ0v) is 12.0. The van der Waals surface area contributed by atoms with E-state index in [1.54, 1.807) is 24.8 Å². The number of aliphatic carboxylic acids is 1. The summed E-state index contributed by atoms with van der Waals surface area (Å²) in [5.41, 5.74) is -1.20. The van der Waals surface area contributed by atoms with E-state index in [0.717, 1.165) is 11.5 Å². The van der Waals surface area contributed by atoms with Gasteiger partial charge in [-0.3, -0.25) is 0 Å². The average molecular weight is 274 g/mol. The van der Waals surface area contributed by atoms with Crippen molar-refractivity contribution in [1.29, 1.82) is 0 Å². The molecule has 0 aliphatic carbocycles. The van der Waals surface area contributed by atoms with Crippen LogP contribution in [-0.4, -0.2) is 52.1 Å². The first-order valence-electron chi connectivity index (χ1n) is 5.85. The number of nitrogens with one attached hydrogen (secondary N) is 1. The Bertz CT molecular complexity index is 306. The first-order chi connectivity index (χ1) is 8.37. The fraction of sp³-hybridized carbons (Fsp3) is 0.667. The number of carbonyl (C=O) groups is 2. The van der Waals surface area contributed by atoms with E-state index in [-0.39, 0.29) is 6.03 Å². The number of nitrogens with zero attached hydrogens (tertiary/aromatic N) is 1. The van der Waals surface area contributed by atoms with Crippen LogP contribution in [0.1, 0.15) is 20.8 Å². The quantitative estimate of drug-likeness (QED) is 0.523. The highest BCUT2D eigenvalue weighted by molar-refractivity contribution is 7.99. The van der Waals surface area contributed by atoms with Crippen molar-refractivity contribution in [2.24, 2.45) is 0 Å². The summed E-state index contributed by atoms with van der Waals surface area (Å²) >= 11 is 1.66. The number of hydrogen-bond acceptors (Lipinski definition) is 3. The smallest absolute Gasteiger partial charge is 0.329 e. The van der Waals surface area contributed by atoms with Gasteiger partial charge in [0.1, 0.15) is 5.54 Å². The lowest BCUT2D eigenvalue weighted by molar-refractivity contribution is -0.147. The molecule has 0 aromatic carbocycles. The van der Waals surface area contributed by atoms with Crippen molar-refractivity contribution in [3.05, 3.63) is 12.7 Å². The number of thioether (sulfide) groups is 1. The zero-order valence-electron chi connectivity index (χ0n) is 11.2. The first kappa shape index (κ1) is 16.8. The van der Waals surface area contributed by atoms with Gasteiger partial charge in [-0.2, -0.15) is 11.8 Å². The Hall–Kier alpha value is -1.17. The van der Waals surface area contributed by atoms with E-state index in [1.807, 2.05) is 0 Å². The summed E-state index contributed by atoms with van der Waals surface area (Å²) in [6.45, 7) is 9.27. The van der Waals surface area contributed by atoms with Crippen molar-refractivity contribution in [1.82, 2.24) is 10.2 Å². The van der Waals surface area contributed by atoms with E-state index in [2.05, 4.69) is 11.9 Å². The van der Waals surface area contributed by atoms with Crippen LogP contribution >= 0.6 is 11.8 Å². The number of rotatable bonds is 8. The molecule has 0 rings (SSSR count). The number of carboxylic acids is 1. The largest absolute Gasteiger partial charge is 0.480 e. The molecular formula is C12H22N2O3S. The lowest BCUT2D eigenvalue weighted by Crippen LogP contribution is -2.56. The van der Waals surface area contributed by atoms with Crippen LogP contribution in [0, 0.1) is 0 Å². The molecule has 18 heavy (non-hydrogen) atoms. The second-order valence-corrected chi connectivity index (χ2v) is 5.35. The average Bonchev–Trinajstić information content (AvgIpc) is 2.29. The SMILES string of the molecule is C=CCSCCNC(=O)N(CC)C(C)(C)C(=O)O. The molecule has 0 radical (unpaired) electrons. The number of hydrogen-bond donors (Lipinski definition) is 2. The predicted octanol–water partition coefficient (Wildman–Crippen LogP) is 1.80. The molecule has 0 unspecified atom stereocenters. The Kier molecular flexibility index (Phi) is 7.50. The molecule has 0 fully saturated rings. The van der Waals surface area contributed by atoms with E-state index in [9.17, 15) is 9.59 Å². The summed E-state index contributed by atoms with van der Waals surface area (Å²) in [6.07, 6.45) is 1.80. The van der Waals surface area contributed by atoms with Gasteiger partial charge in [-0.15, -0.1) is 6.58 Å². The molecule has 0 atom stereocenters. The normalized spacial score (nSPS) is 10.8. The van der Waals surface area contributed by atoms with Gasteiger partial charge in [-0.25, -0.2) is 9.59 Å². The van der Waals surface area contributed by atoms with Gasteiger partial charge < -0.3 is 15.3 Å². The summed E-state index contributed by atoms with van der Waals surface area (Å²) in [6, 6.07) is -0.343. The molecule has 0 spiro atoms. The van der Waals surface area contributed by atoms with Crippen molar-refractivity contribution >= 4 is 23.8 Å². The predicted molar refractivity (Wildman–Crippen MR) is 75.0 cm³/mol. The summed E-state index contributed by atoms with van der Waals surface area (Å²) < 4.78 is 0. The Morgan fingerprint density at radius 3 is 2.56 bits per heavy atom. The third kappa shape index (κ3) is 5.00. The Balaban J connectivity index is 4.28. The molecule has 2 N–H and O–H groups in total. The molecular weight excluding hydrogens is 252 g/mol. The summed E-state index contributed by atoms with van der Waals surface area (Å²) in [4.78, 5) is 24.3. The van der Waals surface area contributed by atoms with Gasteiger partial charge in [-0.05, 0) is 20.8 Å². The summed E-state index contributed by atoms with van der Waals surface area (Å²) in [5.74, 6) is 0.608. The monoisotopic (exact) mass is 274 g/mol.